The van der Waals surface area contributed by atoms with E-state index in [-0.39, 0.29) is 17.7 Å². The number of pyridine rings is 1. The quantitative estimate of drug-likeness (QED) is 0.663. The first-order valence-corrected chi connectivity index (χ1v) is 10.8. The van der Waals surface area contributed by atoms with E-state index < -0.39 is 11.1 Å². The lowest BCUT2D eigenvalue weighted by Gasteiger charge is -2.43. The van der Waals surface area contributed by atoms with Crippen molar-refractivity contribution in [1.82, 2.24) is 9.88 Å². The highest BCUT2D eigenvalue weighted by atomic mass is 19.1. The van der Waals surface area contributed by atoms with Gasteiger partial charge in [-0.3, -0.25) is 14.7 Å². The molecule has 6 nitrogen and oxygen atoms in total. The molecule has 2 aliphatic rings. The van der Waals surface area contributed by atoms with Gasteiger partial charge in [-0.25, -0.2) is 9.38 Å². The Hall–Kier alpha value is -3.74. The number of rotatable bonds is 3. The molecule has 2 atom stereocenters. The minimum atomic E-state index is -1.21. The second-order valence-electron chi connectivity index (χ2n) is 9.16. The highest BCUT2D eigenvalue weighted by Gasteiger charge is 2.56. The van der Waals surface area contributed by atoms with Gasteiger partial charge in [-0.2, -0.15) is 0 Å². The summed E-state index contributed by atoms with van der Waals surface area (Å²) in [6.45, 7) is 3.96. The van der Waals surface area contributed by atoms with Crippen LogP contribution < -0.4 is 10.5 Å². The van der Waals surface area contributed by atoms with E-state index in [0.29, 0.717) is 24.2 Å². The molecule has 3 heterocycles. The van der Waals surface area contributed by atoms with Crippen LogP contribution in [0, 0.1) is 12.7 Å². The van der Waals surface area contributed by atoms with Gasteiger partial charge in [0, 0.05) is 31.0 Å². The number of nitrogens with two attached hydrogens (primary N) is 1. The van der Waals surface area contributed by atoms with E-state index in [1.165, 1.54) is 17.0 Å². The van der Waals surface area contributed by atoms with E-state index in [2.05, 4.69) is 9.98 Å². The molecule has 5 rings (SSSR count). The number of aromatic nitrogens is 1. The zero-order chi connectivity index (χ0) is 23.4. The molecule has 2 N–H and O–H groups in total. The molecule has 7 heteroatoms. The summed E-state index contributed by atoms with van der Waals surface area (Å²) in [5.74, 6) is 0.178. The van der Waals surface area contributed by atoms with Crippen LogP contribution in [0.25, 0.3) is 11.3 Å². The largest absolute Gasteiger partial charge is 0.485 e. The molecule has 168 valence electrons. The fourth-order valence-electron chi connectivity index (χ4n) is 4.87. The molecule has 1 spiro atoms. The smallest absolute Gasteiger partial charge is 0.261 e. The second-order valence-corrected chi connectivity index (χ2v) is 9.16. The number of halogens is 1. The molecule has 0 fully saturated rings. The Kier molecular flexibility index (Phi) is 4.74. The van der Waals surface area contributed by atoms with Gasteiger partial charge in [0.2, 0.25) is 0 Å². The molecule has 33 heavy (non-hydrogen) atoms. The highest BCUT2D eigenvalue weighted by molar-refractivity contribution is 6.07. The van der Waals surface area contributed by atoms with Gasteiger partial charge in [-0.1, -0.05) is 35.9 Å². The number of hydrogen-bond donors (Lipinski definition) is 1. The van der Waals surface area contributed by atoms with Gasteiger partial charge in [0.05, 0.1) is 11.9 Å². The molecule has 1 aromatic heterocycles. The summed E-state index contributed by atoms with van der Waals surface area (Å²) in [6, 6.07) is 16.2. The van der Waals surface area contributed by atoms with Crippen LogP contribution in [-0.2, 0) is 16.8 Å². The van der Waals surface area contributed by atoms with Crippen LogP contribution in [0.5, 0.6) is 5.75 Å². The molecule has 0 saturated carbocycles. The Bertz CT molecular complexity index is 1290. The van der Waals surface area contributed by atoms with Crippen LogP contribution in [0.2, 0.25) is 0 Å². The van der Waals surface area contributed by atoms with E-state index >= 15 is 0 Å². The van der Waals surface area contributed by atoms with Crippen molar-refractivity contribution >= 4 is 11.9 Å². The van der Waals surface area contributed by atoms with Crippen LogP contribution in [0.15, 0.2) is 65.8 Å². The summed E-state index contributed by atoms with van der Waals surface area (Å²) in [5, 5.41) is 0. The Balaban J connectivity index is 1.63. The van der Waals surface area contributed by atoms with Crippen molar-refractivity contribution < 1.29 is 13.9 Å². The second kappa shape index (κ2) is 7.40. The summed E-state index contributed by atoms with van der Waals surface area (Å²) in [4.78, 5) is 24.3. The zero-order valence-electron chi connectivity index (χ0n) is 18.8. The standard InChI is InChI=1S/C26H25FN4O2/c1-16-5-4-6-18(11-16)21-12-20-22(14-29-21)33-25(2,13-17-7-9-19(27)10-8-17)15-26(20)23(32)31(3)24(28)30-26/h4-12,14H,13,15H2,1-3H3,(H2,28,30)/t25-,26?/m1/s1. The lowest BCUT2D eigenvalue weighted by atomic mass is 9.75. The van der Waals surface area contributed by atoms with Crippen molar-refractivity contribution in [1.29, 1.82) is 0 Å². The molecule has 0 aliphatic carbocycles. The van der Waals surface area contributed by atoms with Crippen molar-refractivity contribution in [3.05, 3.63) is 83.3 Å². The number of aryl methyl sites for hydroxylation is 1. The Morgan fingerprint density at radius 3 is 2.61 bits per heavy atom. The summed E-state index contributed by atoms with van der Waals surface area (Å²) in [5.41, 5.74) is 8.49. The average molecular weight is 445 g/mol. The number of carbonyl (C=O) groups is 1. The predicted molar refractivity (Wildman–Crippen MR) is 124 cm³/mol. The van der Waals surface area contributed by atoms with Crippen molar-refractivity contribution in [2.45, 2.75) is 37.8 Å². The molecule has 1 unspecified atom stereocenters. The zero-order valence-corrected chi connectivity index (χ0v) is 18.8. The van der Waals surface area contributed by atoms with Crippen LogP contribution in [0.3, 0.4) is 0 Å². The van der Waals surface area contributed by atoms with Gasteiger partial charge in [-0.05, 0) is 43.7 Å². The summed E-state index contributed by atoms with van der Waals surface area (Å²) in [6.07, 6.45) is 2.43. The first kappa shape index (κ1) is 21.1. The fourth-order valence-corrected chi connectivity index (χ4v) is 4.87. The van der Waals surface area contributed by atoms with Gasteiger partial charge in [0.25, 0.3) is 5.91 Å². The monoisotopic (exact) mass is 444 g/mol. The van der Waals surface area contributed by atoms with E-state index in [0.717, 1.165) is 22.4 Å². The molecule has 1 amide bonds. The van der Waals surface area contributed by atoms with E-state index in [1.807, 2.05) is 44.2 Å². The van der Waals surface area contributed by atoms with Crippen molar-refractivity contribution in [3.8, 4) is 17.0 Å². The van der Waals surface area contributed by atoms with Crippen molar-refractivity contribution in [2.24, 2.45) is 10.7 Å². The van der Waals surface area contributed by atoms with Gasteiger partial charge in [0.15, 0.2) is 11.5 Å². The third-order valence-electron chi connectivity index (χ3n) is 6.41. The number of amides is 1. The first-order valence-electron chi connectivity index (χ1n) is 10.8. The summed E-state index contributed by atoms with van der Waals surface area (Å²) in [7, 11) is 1.63. The van der Waals surface area contributed by atoms with Gasteiger partial charge in [-0.15, -0.1) is 0 Å². The molecule has 3 aromatic rings. The SMILES string of the molecule is Cc1cccc(-c2cc3c(cn2)O[C@](C)(Cc2ccc(F)cc2)CC32N=C(N)N(C)C2=O)c1. The van der Waals surface area contributed by atoms with Gasteiger partial charge in [0.1, 0.15) is 17.2 Å². The van der Waals surface area contributed by atoms with Crippen molar-refractivity contribution in [2.75, 3.05) is 7.05 Å². The number of hydrogen-bond acceptors (Lipinski definition) is 5. The molecule has 0 radical (unpaired) electrons. The number of benzene rings is 2. The normalized spacial score (nSPS) is 23.9. The van der Waals surface area contributed by atoms with Crippen LogP contribution >= 0.6 is 0 Å². The first-order chi connectivity index (χ1) is 15.7. The molecule has 0 bridgehead atoms. The third kappa shape index (κ3) is 3.53. The Morgan fingerprint density at radius 2 is 1.94 bits per heavy atom. The Labute approximate surface area is 191 Å². The molecule has 2 aromatic carbocycles. The summed E-state index contributed by atoms with van der Waals surface area (Å²) >= 11 is 0. The number of nitrogens with zero attached hydrogens (tertiary/aromatic N) is 3. The maximum absolute atomic E-state index is 13.5. The predicted octanol–water partition coefficient (Wildman–Crippen LogP) is 3.96. The van der Waals surface area contributed by atoms with Crippen molar-refractivity contribution in [3.63, 3.8) is 0 Å². The van der Waals surface area contributed by atoms with E-state index in [9.17, 15) is 9.18 Å². The maximum atomic E-state index is 13.5. The van der Waals surface area contributed by atoms with Crippen LogP contribution in [0.4, 0.5) is 4.39 Å². The van der Waals surface area contributed by atoms with Crippen LogP contribution in [-0.4, -0.2) is 34.4 Å². The molecular formula is C26H25FN4O2. The number of carbonyl (C=O) groups excluding carboxylic acids is 1. The lowest BCUT2D eigenvalue weighted by Crippen LogP contribution is -2.51. The minimum absolute atomic E-state index is 0.172. The highest BCUT2D eigenvalue weighted by Crippen LogP contribution is 2.50. The van der Waals surface area contributed by atoms with E-state index in [4.69, 9.17) is 10.5 Å². The Morgan fingerprint density at radius 1 is 1.18 bits per heavy atom. The molecule has 0 saturated heterocycles. The number of guanidine groups is 1. The number of fused-ring (bicyclic) bond motifs is 2. The van der Waals surface area contributed by atoms with E-state index in [1.54, 1.807) is 25.4 Å². The molecule has 2 aliphatic heterocycles. The number of ether oxygens (including phenoxy) is 1. The van der Waals surface area contributed by atoms with Gasteiger partial charge < -0.3 is 10.5 Å². The lowest BCUT2D eigenvalue weighted by molar-refractivity contribution is -0.133. The molecular weight excluding hydrogens is 419 g/mol. The topological polar surface area (TPSA) is 80.8 Å². The van der Waals surface area contributed by atoms with Crippen LogP contribution in [0.1, 0.15) is 30.0 Å². The summed E-state index contributed by atoms with van der Waals surface area (Å²) < 4.78 is 19.9. The maximum Gasteiger partial charge on any atom is 0.261 e. The number of likely N-dealkylation sites (N-methyl/N-ethyl adjacent to an activating group) is 1. The third-order valence-corrected chi connectivity index (χ3v) is 6.41. The number of aliphatic imine (C=N–C) groups is 1. The minimum Gasteiger partial charge on any atom is -0.485 e. The van der Waals surface area contributed by atoms with Gasteiger partial charge >= 0.3 is 0 Å². The average Bonchev–Trinajstić information content (AvgIpc) is 2.99. The fraction of sp³-hybridized carbons (Fsp3) is 0.269.